The fourth-order valence-electron chi connectivity index (χ4n) is 2.79. The van der Waals surface area contributed by atoms with Crippen molar-refractivity contribution >= 4 is 29.1 Å². The first-order valence-corrected chi connectivity index (χ1v) is 9.06. The summed E-state index contributed by atoms with van der Waals surface area (Å²) in [6.07, 6.45) is 3.12. The molecular formula is C20H15NO4S. The molecule has 0 radical (unpaired) electrons. The van der Waals surface area contributed by atoms with Gasteiger partial charge in [0.25, 0.3) is 11.8 Å². The van der Waals surface area contributed by atoms with E-state index in [1.807, 2.05) is 36.4 Å². The van der Waals surface area contributed by atoms with Crippen LogP contribution in [-0.4, -0.2) is 16.7 Å². The van der Waals surface area contributed by atoms with E-state index in [1.165, 1.54) is 22.9 Å². The van der Waals surface area contributed by atoms with Crippen LogP contribution in [0.5, 0.6) is 0 Å². The highest BCUT2D eigenvalue weighted by Gasteiger charge is 2.39. The summed E-state index contributed by atoms with van der Waals surface area (Å²) in [6.45, 7) is 0.117. The normalized spacial score (nSPS) is 14.5. The molecular weight excluding hydrogens is 350 g/mol. The van der Waals surface area contributed by atoms with Gasteiger partial charge >= 0.3 is 0 Å². The van der Waals surface area contributed by atoms with Crippen molar-refractivity contribution in [3.8, 4) is 0 Å². The van der Waals surface area contributed by atoms with Gasteiger partial charge in [-0.3, -0.25) is 14.5 Å². The molecule has 3 aromatic rings. The fraction of sp³-hybridized carbons (Fsp3) is 0.100. The van der Waals surface area contributed by atoms with Crippen molar-refractivity contribution in [2.24, 2.45) is 0 Å². The highest BCUT2D eigenvalue weighted by molar-refractivity contribution is 8.03. The van der Waals surface area contributed by atoms with Gasteiger partial charge in [0.2, 0.25) is 0 Å². The molecule has 4 rings (SSSR count). The Morgan fingerprint density at radius 3 is 2.15 bits per heavy atom. The van der Waals surface area contributed by atoms with Gasteiger partial charge in [0.15, 0.2) is 0 Å². The molecule has 0 aliphatic carbocycles. The molecule has 1 aliphatic rings. The summed E-state index contributed by atoms with van der Waals surface area (Å²) in [4.78, 5) is 27.6. The van der Waals surface area contributed by atoms with E-state index >= 15 is 0 Å². The molecule has 5 nitrogen and oxygen atoms in total. The standard InChI is InChI=1S/C20H15NO4S/c22-19-17(14-6-2-1-3-7-14)18(26-13-16-9-5-11-25-16)20(23)21(19)12-15-8-4-10-24-15/h1-11H,12-13H2. The number of carbonyl (C=O) groups is 2. The van der Waals surface area contributed by atoms with Gasteiger partial charge in [0.05, 0.1) is 35.3 Å². The number of benzene rings is 1. The predicted molar refractivity (Wildman–Crippen MR) is 97.6 cm³/mol. The molecule has 3 heterocycles. The van der Waals surface area contributed by atoms with Gasteiger partial charge in [0.1, 0.15) is 11.5 Å². The second-order valence-corrected chi connectivity index (χ2v) is 6.70. The number of thioether (sulfide) groups is 1. The summed E-state index contributed by atoms with van der Waals surface area (Å²) >= 11 is 1.32. The third kappa shape index (κ3) is 3.11. The molecule has 130 valence electrons. The van der Waals surface area contributed by atoms with Crippen LogP contribution in [0.2, 0.25) is 0 Å². The zero-order valence-electron chi connectivity index (χ0n) is 13.8. The Morgan fingerprint density at radius 2 is 1.50 bits per heavy atom. The lowest BCUT2D eigenvalue weighted by Crippen LogP contribution is -2.30. The van der Waals surface area contributed by atoms with Crippen LogP contribution in [0, 0.1) is 0 Å². The quantitative estimate of drug-likeness (QED) is 0.616. The van der Waals surface area contributed by atoms with Crippen molar-refractivity contribution < 1.29 is 18.4 Å². The zero-order chi connectivity index (χ0) is 17.9. The second kappa shape index (κ2) is 7.09. The van der Waals surface area contributed by atoms with Crippen LogP contribution in [0.3, 0.4) is 0 Å². The largest absolute Gasteiger partial charge is 0.468 e. The van der Waals surface area contributed by atoms with Gasteiger partial charge in [-0.2, -0.15) is 0 Å². The molecule has 2 aromatic heterocycles. The van der Waals surface area contributed by atoms with Gasteiger partial charge in [-0.05, 0) is 29.8 Å². The Hall–Kier alpha value is -2.99. The Labute approximate surface area is 154 Å². The molecule has 0 saturated heterocycles. The molecule has 0 unspecified atom stereocenters. The van der Waals surface area contributed by atoms with Crippen molar-refractivity contribution in [1.29, 1.82) is 0 Å². The summed E-state index contributed by atoms with van der Waals surface area (Å²) in [7, 11) is 0. The van der Waals surface area contributed by atoms with Crippen molar-refractivity contribution in [1.82, 2.24) is 4.90 Å². The number of hydrogen-bond donors (Lipinski definition) is 0. The molecule has 1 aliphatic heterocycles. The van der Waals surface area contributed by atoms with Gasteiger partial charge in [0, 0.05) is 0 Å². The Morgan fingerprint density at radius 1 is 0.808 bits per heavy atom. The average molecular weight is 365 g/mol. The zero-order valence-corrected chi connectivity index (χ0v) is 14.6. The number of rotatable bonds is 6. The van der Waals surface area contributed by atoms with Crippen LogP contribution in [0.25, 0.3) is 5.57 Å². The third-order valence-electron chi connectivity index (χ3n) is 4.02. The predicted octanol–water partition coefficient (Wildman–Crippen LogP) is 4.09. The molecule has 2 amide bonds. The summed E-state index contributed by atoms with van der Waals surface area (Å²) in [5.74, 6) is 1.18. The van der Waals surface area contributed by atoms with E-state index in [0.29, 0.717) is 22.0 Å². The van der Waals surface area contributed by atoms with Gasteiger partial charge < -0.3 is 8.83 Å². The summed E-state index contributed by atoms with van der Waals surface area (Å²) < 4.78 is 10.6. The number of nitrogens with zero attached hydrogens (tertiary/aromatic N) is 1. The minimum atomic E-state index is -0.306. The molecule has 0 bridgehead atoms. The van der Waals surface area contributed by atoms with Crippen LogP contribution >= 0.6 is 11.8 Å². The number of imide groups is 1. The smallest absolute Gasteiger partial charge is 0.268 e. The molecule has 1 aromatic carbocycles. The minimum Gasteiger partial charge on any atom is -0.468 e. The van der Waals surface area contributed by atoms with E-state index in [0.717, 1.165) is 11.3 Å². The highest BCUT2D eigenvalue weighted by atomic mass is 32.2. The monoisotopic (exact) mass is 365 g/mol. The van der Waals surface area contributed by atoms with Crippen LogP contribution in [0.1, 0.15) is 17.1 Å². The lowest BCUT2D eigenvalue weighted by atomic mass is 10.1. The Kier molecular flexibility index (Phi) is 4.50. The van der Waals surface area contributed by atoms with E-state index in [2.05, 4.69) is 0 Å². The third-order valence-corrected chi connectivity index (χ3v) is 5.12. The maximum Gasteiger partial charge on any atom is 0.268 e. The van der Waals surface area contributed by atoms with Crippen molar-refractivity contribution in [3.63, 3.8) is 0 Å². The highest BCUT2D eigenvalue weighted by Crippen LogP contribution is 2.38. The van der Waals surface area contributed by atoms with Crippen LogP contribution < -0.4 is 0 Å². The van der Waals surface area contributed by atoms with E-state index in [4.69, 9.17) is 8.83 Å². The van der Waals surface area contributed by atoms with Crippen molar-refractivity contribution in [2.75, 3.05) is 0 Å². The topological polar surface area (TPSA) is 63.7 Å². The van der Waals surface area contributed by atoms with Crippen LogP contribution in [0.4, 0.5) is 0 Å². The first-order valence-electron chi connectivity index (χ1n) is 8.07. The van der Waals surface area contributed by atoms with E-state index < -0.39 is 0 Å². The lowest BCUT2D eigenvalue weighted by Gasteiger charge is -2.13. The van der Waals surface area contributed by atoms with Gasteiger partial charge in [-0.1, -0.05) is 30.3 Å². The second-order valence-electron chi connectivity index (χ2n) is 5.71. The first kappa shape index (κ1) is 16.5. The number of furan rings is 2. The van der Waals surface area contributed by atoms with Gasteiger partial charge in [-0.25, -0.2) is 0 Å². The Balaban J connectivity index is 1.67. The van der Waals surface area contributed by atoms with Gasteiger partial charge in [-0.15, -0.1) is 11.8 Å². The summed E-state index contributed by atoms with van der Waals surface area (Å²) in [6, 6.07) is 16.4. The molecule has 6 heteroatoms. The molecule has 0 saturated carbocycles. The first-order chi connectivity index (χ1) is 12.7. The van der Waals surface area contributed by atoms with E-state index in [1.54, 1.807) is 24.5 Å². The minimum absolute atomic E-state index is 0.117. The molecule has 0 fully saturated rings. The molecule has 0 N–H and O–H groups in total. The summed E-state index contributed by atoms with van der Waals surface area (Å²) in [5.41, 5.74) is 1.16. The fourth-order valence-corrected chi connectivity index (χ4v) is 3.82. The van der Waals surface area contributed by atoms with Crippen LogP contribution in [-0.2, 0) is 21.9 Å². The Bertz CT molecular complexity index is 943. The number of amides is 2. The molecule has 0 atom stereocenters. The van der Waals surface area contributed by atoms with E-state index in [-0.39, 0.29) is 18.4 Å². The summed E-state index contributed by atoms with van der Waals surface area (Å²) in [5, 5.41) is 0. The maximum absolute atomic E-state index is 13.0. The lowest BCUT2D eigenvalue weighted by molar-refractivity contribution is -0.137. The SMILES string of the molecule is O=C1C(SCc2ccco2)=C(c2ccccc2)C(=O)N1Cc1ccco1. The van der Waals surface area contributed by atoms with Crippen molar-refractivity contribution in [3.05, 3.63) is 89.1 Å². The van der Waals surface area contributed by atoms with Crippen LogP contribution in [0.15, 0.2) is 80.9 Å². The maximum atomic E-state index is 13.0. The average Bonchev–Trinajstić information content (AvgIpc) is 3.40. The molecule has 26 heavy (non-hydrogen) atoms. The number of carbonyl (C=O) groups excluding carboxylic acids is 2. The molecule has 0 spiro atoms. The number of hydrogen-bond acceptors (Lipinski definition) is 5. The van der Waals surface area contributed by atoms with Crippen molar-refractivity contribution in [2.45, 2.75) is 12.3 Å². The van der Waals surface area contributed by atoms with E-state index in [9.17, 15) is 9.59 Å².